The Morgan fingerprint density at radius 3 is 2.44 bits per heavy atom. The first kappa shape index (κ1) is 16.4. The number of phenols is 1. The highest BCUT2D eigenvalue weighted by molar-refractivity contribution is 5.84. The molecule has 0 saturated carbocycles. The molecule has 2 heterocycles. The van der Waals surface area contributed by atoms with Crippen LogP contribution in [0.5, 0.6) is 5.75 Å². The second-order valence-corrected chi connectivity index (χ2v) is 5.81. The van der Waals surface area contributed by atoms with Crippen LogP contribution in [0.4, 0.5) is 10.5 Å². The van der Waals surface area contributed by atoms with Crippen molar-refractivity contribution in [1.82, 2.24) is 14.1 Å². The number of hydrogen-bond donors (Lipinski definition) is 3. The minimum absolute atomic E-state index is 0.0982. The summed E-state index contributed by atoms with van der Waals surface area (Å²) in [7, 11) is 0. The summed E-state index contributed by atoms with van der Waals surface area (Å²) in [5, 5.41) is 20.7. The highest BCUT2D eigenvalue weighted by atomic mass is 16.4. The highest BCUT2D eigenvalue weighted by Gasteiger charge is 2.16. The number of phenolic OH excluding ortho intramolecular Hbond substituents is 1. The van der Waals surface area contributed by atoms with Crippen LogP contribution in [0.25, 0.3) is 22.4 Å². The van der Waals surface area contributed by atoms with Crippen molar-refractivity contribution in [2.45, 2.75) is 0 Å². The van der Waals surface area contributed by atoms with Gasteiger partial charge in [0.05, 0.1) is 28.6 Å². The van der Waals surface area contributed by atoms with Crippen molar-refractivity contribution in [3.8, 4) is 17.1 Å². The topological polar surface area (TPSA) is 109 Å². The van der Waals surface area contributed by atoms with Gasteiger partial charge in [0, 0.05) is 11.9 Å². The number of nitrogens with one attached hydrogen (secondary N) is 1. The Labute approximate surface area is 152 Å². The fourth-order valence-electron chi connectivity index (χ4n) is 2.99. The van der Waals surface area contributed by atoms with E-state index < -0.39 is 6.09 Å². The Hall–Kier alpha value is -4.07. The van der Waals surface area contributed by atoms with Crippen LogP contribution >= 0.6 is 0 Å². The smallest absolute Gasteiger partial charge is 0.409 e. The Balaban J connectivity index is 1.98. The average Bonchev–Trinajstić information content (AvgIpc) is 2.94. The van der Waals surface area contributed by atoms with Gasteiger partial charge in [-0.15, -0.1) is 0 Å². The van der Waals surface area contributed by atoms with E-state index in [9.17, 15) is 14.7 Å². The van der Waals surface area contributed by atoms with Gasteiger partial charge >= 0.3 is 11.8 Å². The number of carboxylic acid groups (broad SMARTS) is 1. The van der Waals surface area contributed by atoms with Crippen LogP contribution < -0.4 is 11.0 Å². The van der Waals surface area contributed by atoms with E-state index in [1.165, 1.54) is 21.3 Å². The average molecular weight is 362 g/mol. The molecular weight excluding hydrogens is 348 g/mol. The van der Waals surface area contributed by atoms with E-state index >= 15 is 0 Å². The lowest BCUT2D eigenvalue weighted by atomic mass is 10.2. The molecule has 0 aliphatic heterocycles. The third-order valence-electron chi connectivity index (χ3n) is 4.11. The van der Waals surface area contributed by atoms with Gasteiger partial charge < -0.3 is 10.2 Å². The molecule has 134 valence electrons. The molecule has 3 N–H and O–H groups in total. The van der Waals surface area contributed by atoms with Crippen LogP contribution in [0.1, 0.15) is 0 Å². The number of amides is 1. The van der Waals surface area contributed by atoms with Crippen molar-refractivity contribution in [3.05, 3.63) is 77.5 Å². The first-order valence-corrected chi connectivity index (χ1v) is 8.02. The van der Waals surface area contributed by atoms with E-state index in [2.05, 4.69) is 10.3 Å². The Bertz CT molecular complexity index is 1210. The van der Waals surface area contributed by atoms with Crippen molar-refractivity contribution in [3.63, 3.8) is 0 Å². The summed E-state index contributed by atoms with van der Waals surface area (Å²) in [6.07, 6.45) is 1.98. The first-order chi connectivity index (χ1) is 13.0. The van der Waals surface area contributed by atoms with Crippen LogP contribution in [0.2, 0.25) is 0 Å². The van der Waals surface area contributed by atoms with Gasteiger partial charge in [-0.3, -0.25) is 19.4 Å². The van der Waals surface area contributed by atoms with E-state index in [4.69, 9.17) is 5.11 Å². The number of aromatic hydroxyl groups is 1. The Morgan fingerprint density at radius 2 is 1.70 bits per heavy atom. The lowest BCUT2D eigenvalue weighted by molar-refractivity contribution is 0.210. The summed E-state index contributed by atoms with van der Waals surface area (Å²) >= 11 is 0. The second kappa shape index (κ2) is 6.34. The largest absolute Gasteiger partial charge is 0.508 e. The molecule has 0 unspecified atom stereocenters. The van der Waals surface area contributed by atoms with E-state index in [0.29, 0.717) is 28.1 Å². The van der Waals surface area contributed by atoms with Crippen molar-refractivity contribution in [2.75, 3.05) is 5.32 Å². The van der Waals surface area contributed by atoms with Crippen molar-refractivity contribution in [2.24, 2.45) is 0 Å². The normalized spacial score (nSPS) is 10.8. The van der Waals surface area contributed by atoms with Crippen LogP contribution in [0.3, 0.4) is 0 Å². The summed E-state index contributed by atoms with van der Waals surface area (Å²) in [6, 6.07) is 14.5. The molecule has 0 radical (unpaired) electrons. The van der Waals surface area contributed by atoms with E-state index in [1.807, 2.05) is 0 Å². The number of aromatic nitrogens is 3. The number of fused-ring (bicyclic) bond motifs is 1. The monoisotopic (exact) mass is 362 g/mol. The number of anilines is 1. The second-order valence-electron chi connectivity index (χ2n) is 5.81. The standard InChI is InChI=1S/C19H14N4O4/c24-15-6-4-13(5-7-15)22-17-11-20-9-8-16(17)23(19(22)27)14-3-1-2-12(10-14)21-18(25)26/h1-11,21,24H,(H,25,26). The van der Waals surface area contributed by atoms with Gasteiger partial charge in [0.15, 0.2) is 0 Å². The molecule has 0 aliphatic rings. The number of carbonyl (C=O) groups is 1. The van der Waals surface area contributed by atoms with E-state index in [0.717, 1.165) is 0 Å². The fraction of sp³-hybridized carbons (Fsp3) is 0. The molecule has 8 heteroatoms. The number of imidazole rings is 1. The summed E-state index contributed by atoms with van der Waals surface area (Å²) in [4.78, 5) is 28.2. The molecule has 1 amide bonds. The van der Waals surface area contributed by atoms with Gasteiger partial charge in [0.2, 0.25) is 0 Å². The zero-order chi connectivity index (χ0) is 19.0. The molecule has 4 aromatic rings. The number of rotatable bonds is 3. The van der Waals surface area contributed by atoms with Crippen LogP contribution in [-0.2, 0) is 0 Å². The van der Waals surface area contributed by atoms with Gasteiger partial charge in [-0.25, -0.2) is 9.59 Å². The fourth-order valence-corrected chi connectivity index (χ4v) is 2.99. The van der Waals surface area contributed by atoms with Crippen molar-refractivity contribution >= 4 is 22.8 Å². The predicted octanol–water partition coefficient (Wildman–Crippen LogP) is 2.97. The van der Waals surface area contributed by atoms with Crippen molar-refractivity contribution in [1.29, 1.82) is 0 Å². The number of benzene rings is 2. The molecule has 0 aliphatic carbocycles. The number of pyridine rings is 1. The third kappa shape index (κ3) is 2.89. The number of hydrogen-bond acceptors (Lipinski definition) is 4. The molecule has 4 rings (SSSR count). The minimum Gasteiger partial charge on any atom is -0.508 e. The first-order valence-electron chi connectivity index (χ1n) is 8.02. The molecule has 0 atom stereocenters. The quantitative estimate of drug-likeness (QED) is 0.519. The van der Waals surface area contributed by atoms with Gasteiger partial charge in [-0.1, -0.05) is 6.07 Å². The molecule has 2 aromatic heterocycles. The summed E-state index contributed by atoms with van der Waals surface area (Å²) in [6.45, 7) is 0. The van der Waals surface area contributed by atoms with Gasteiger partial charge in [-0.05, 0) is 48.5 Å². The van der Waals surface area contributed by atoms with E-state index in [1.54, 1.807) is 54.9 Å². The number of nitrogens with zero attached hydrogens (tertiary/aromatic N) is 3. The molecule has 2 aromatic carbocycles. The van der Waals surface area contributed by atoms with Crippen LogP contribution in [0, 0.1) is 0 Å². The maximum atomic E-state index is 13.2. The third-order valence-corrected chi connectivity index (χ3v) is 4.11. The summed E-state index contributed by atoms with van der Waals surface area (Å²) in [5.41, 5.74) is 2.32. The van der Waals surface area contributed by atoms with Gasteiger partial charge in [-0.2, -0.15) is 0 Å². The molecule has 0 spiro atoms. The molecule has 8 nitrogen and oxygen atoms in total. The van der Waals surface area contributed by atoms with E-state index in [-0.39, 0.29) is 11.4 Å². The molecule has 0 saturated heterocycles. The van der Waals surface area contributed by atoms with Gasteiger partial charge in [0.25, 0.3) is 0 Å². The molecule has 0 fully saturated rings. The van der Waals surface area contributed by atoms with Crippen molar-refractivity contribution < 1.29 is 15.0 Å². The molecular formula is C19H14N4O4. The Kier molecular flexibility index (Phi) is 3.85. The SMILES string of the molecule is O=C(O)Nc1cccc(-n2c(=O)n(-c3ccc(O)cc3)c3cnccc32)c1. The highest BCUT2D eigenvalue weighted by Crippen LogP contribution is 2.22. The zero-order valence-corrected chi connectivity index (χ0v) is 13.9. The summed E-state index contributed by atoms with van der Waals surface area (Å²) in [5.74, 6) is 0.0982. The Morgan fingerprint density at radius 1 is 0.963 bits per heavy atom. The summed E-state index contributed by atoms with van der Waals surface area (Å²) < 4.78 is 2.97. The van der Waals surface area contributed by atoms with Crippen LogP contribution in [0.15, 0.2) is 71.8 Å². The lowest BCUT2D eigenvalue weighted by Gasteiger charge is -2.06. The van der Waals surface area contributed by atoms with Gasteiger partial charge in [0.1, 0.15) is 5.75 Å². The lowest BCUT2D eigenvalue weighted by Crippen LogP contribution is -2.22. The zero-order valence-electron chi connectivity index (χ0n) is 13.9. The predicted molar refractivity (Wildman–Crippen MR) is 100.0 cm³/mol. The maximum absolute atomic E-state index is 13.2. The molecule has 27 heavy (non-hydrogen) atoms. The molecule has 0 bridgehead atoms. The minimum atomic E-state index is -1.18. The maximum Gasteiger partial charge on any atom is 0.409 e. The van der Waals surface area contributed by atoms with Crippen LogP contribution in [-0.4, -0.2) is 30.4 Å².